The normalized spacial score (nSPS) is 11.5. The standard InChI is InChI=1S/C13H9BrN6O/c14-9-2-1-3-19-5-8(18-12(9)19)6-20-13(21)11-10(4-17-20)15-7-16-11/h1-5,7H,6H2,(H,15,16). The summed E-state index contributed by atoms with van der Waals surface area (Å²) in [5.74, 6) is 0. The molecule has 4 rings (SSSR count). The predicted octanol–water partition coefficient (Wildman–Crippen LogP) is 1.58. The fourth-order valence-electron chi connectivity index (χ4n) is 2.25. The van der Waals surface area contributed by atoms with Crippen LogP contribution in [0.25, 0.3) is 16.7 Å². The van der Waals surface area contributed by atoms with Gasteiger partial charge < -0.3 is 9.38 Å². The lowest BCUT2D eigenvalue weighted by Gasteiger charge is -2.00. The van der Waals surface area contributed by atoms with E-state index in [1.807, 2.05) is 28.9 Å². The van der Waals surface area contributed by atoms with Crippen LogP contribution in [-0.4, -0.2) is 29.1 Å². The number of rotatable bonds is 2. The van der Waals surface area contributed by atoms with Gasteiger partial charge in [0.05, 0.1) is 34.8 Å². The van der Waals surface area contributed by atoms with Gasteiger partial charge in [0.25, 0.3) is 5.56 Å². The average molecular weight is 345 g/mol. The summed E-state index contributed by atoms with van der Waals surface area (Å²) >= 11 is 3.46. The third-order valence-electron chi connectivity index (χ3n) is 3.23. The zero-order chi connectivity index (χ0) is 14.4. The first-order valence-corrected chi connectivity index (χ1v) is 7.03. The van der Waals surface area contributed by atoms with Gasteiger partial charge in [0.15, 0.2) is 11.2 Å². The number of fused-ring (bicyclic) bond motifs is 2. The molecular formula is C13H9BrN6O. The first kappa shape index (κ1) is 12.3. The Hall–Kier alpha value is -2.48. The van der Waals surface area contributed by atoms with E-state index in [2.05, 4.69) is 36.0 Å². The SMILES string of the molecule is O=c1c2nc[nH]c2cnn1Cc1cn2cccc(Br)c2n1. The van der Waals surface area contributed by atoms with Crippen LogP contribution in [0.1, 0.15) is 5.69 Å². The number of halogens is 1. The molecule has 0 saturated heterocycles. The summed E-state index contributed by atoms with van der Waals surface area (Å²) in [6.07, 6.45) is 6.86. The van der Waals surface area contributed by atoms with Crippen molar-refractivity contribution in [2.24, 2.45) is 0 Å². The largest absolute Gasteiger partial charge is 0.343 e. The van der Waals surface area contributed by atoms with Crippen LogP contribution in [0.2, 0.25) is 0 Å². The van der Waals surface area contributed by atoms with Gasteiger partial charge in [0.2, 0.25) is 0 Å². The molecule has 1 N–H and O–H groups in total. The van der Waals surface area contributed by atoms with E-state index in [0.29, 0.717) is 17.6 Å². The Morgan fingerprint density at radius 2 is 2.29 bits per heavy atom. The van der Waals surface area contributed by atoms with Crippen LogP contribution >= 0.6 is 15.9 Å². The molecule has 7 nitrogen and oxygen atoms in total. The third kappa shape index (κ3) is 1.95. The van der Waals surface area contributed by atoms with Crippen LogP contribution in [-0.2, 0) is 6.54 Å². The summed E-state index contributed by atoms with van der Waals surface area (Å²) in [6, 6.07) is 3.84. The van der Waals surface area contributed by atoms with Gasteiger partial charge in [-0.2, -0.15) is 5.10 Å². The molecule has 0 saturated carbocycles. The molecule has 4 aromatic rings. The number of nitrogens with zero attached hydrogens (tertiary/aromatic N) is 5. The Balaban J connectivity index is 1.80. The number of pyridine rings is 1. The molecule has 8 heteroatoms. The molecule has 0 spiro atoms. The number of aromatic nitrogens is 6. The quantitative estimate of drug-likeness (QED) is 0.598. The van der Waals surface area contributed by atoms with E-state index in [9.17, 15) is 4.79 Å². The maximum Gasteiger partial charge on any atom is 0.295 e. The fraction of sp³-hybridized carbons (Fsp3) is 0.0769. The van der Waals surface area contributed by atoms with Gasteiger partial charge in [-0.05, 0) is 28.1 Å². The summed E-state index contributed by atoms with van der Waals surface area (Å²) in [5, 5.41) is 4.14. The molecule has 4 heterocycles. The van der Waals surface area contributed by atoms with Crippen LogP contribution < -0.4 is 5.56 Å². The van der Waals surface area contributed by atoms with Gasteiger partial charge in [0, 0.05) is 12.4 Å². The molecule has 4 aromatic heterocycles. The zero-order valence-electron chi connectivity index (χ0n) is 10.7. The monoisotopic (exact) mass is 344 g/mol. The lowest BCUT2D eigenvalue weighted by Crippen LogP contribution is -2.23. The molecule has 0 radical (unpaired) electrons. The van der Waals surface area contributed by atoms with Gasteiger partial charge in [0.1, 0.15) is 0 Å². The number of imidazole rings is 2. The maximum atomic E-state index is 12.3. The van der Waals surface area contributed by atoms with Crippen LogP contribution in [0.3, 0.4) is 0 Å². The van der Waals surface area contributed by atoms with E-state index in [1.54, 1.807) is 6.20 Å². The van der Waals surface area contributed by atoms with Crippen molar-refractivity contribution in [3.8, 4) is 0 Å². The second-order valence-corrected chi connectivity index (χ2v) is 5.45. The van der Waals surface area contributed by atoms with E-state index in [4.69, 9.17) is 0 Å². The summed E-state index contributed by atoms with van der Waals surface area (Å²) < 4.78 is 4.16. The number of hydrogen-bond donors (Lipinski definition) is 1. The topological polar surface area (TPSA) is 80.9 Å². The number of H-pyrrole nitrogens is 1. The predicted molar refractivity (Wildman–Crippen MR) is 80.1 cm³/mol. The molecule has 0 aliphatic rings. The molecule has 0 aliphatic carbocycles. The van der Waals surface area contributed by atoms with Crippen molar-refractivity contribution in [3.05, 3.63) is 57.6 Å². The summed E-state index contributed by atoms with van der Waals surface area (Å²) in [4.78, 5) is 23.6. The molecular weight excluding hydrogens is 336 g/mol. The lowest BCUT2D eigenvalue weighted by molar-refractivity contribution is 0.637. The van der Waals surface area contributed by atoms with Crippen molar-refractivity contribution >= 4 is 32.6 Å². The van der Waals surface area contributed by atoms with E-state index in [1.165, 1.54) is 11.0 Å². The van der Waals surface area contributed by atoms with E-state index in [0.717, 1.165) is 15.8 Å². The molecule has 21 heavy (non-hydrogen) atoms. The first-order valence-electron chi connectivity index (χ1n) is 6.24. The Labute approximate surface area is 126 Å². The molecule has 0 aromatic carbocycles. The molecule has 0 aliphatic heterocycles. The second kappa shape index (κ2) is 4.52. The first-order chi connectivity index (χ1) is 10.2. The zero-order valence-corrected chi connectivity index (χ0v) is 12.3. The Morgan fingerprint density at radius 1 is 1.38 bits per heavy atom. The van der Waals surface area contributed by atoms with Gasteiger partial charge in [-0.1, -0.05) is 0 Å². The second-order valence-electron chi connectivity index (χ2n) is 4.59. The van der Waals surface area contributed by atoms with Crippen molar-refractivity contribution in [2.45, 2.75) is 6.54 Å². The third-order valence-corrected chi connectivity index (χ3v) is 3.85. The van der Waals surface area contributed by atoms with E-state index < -0.39 is 0 Å². The highest BCUT2D eigenvalue weighted by atomic mass is 79.9. The lowest BCUT2D eigenvalue weighted by atomic mass is 10.4. The van der Waals surface area contributed by atoms with Gasteiger partial charge in [-0.15, -0.1) is 0 Å². The van der Waals surface area contributed by atoms with Crippen molar-refractivity contribution < 1.29 is 0 Å². The minimum atomic E-state index is -0.232. The molecule has 0 atom stereocenters. The summed E-state index contributed by atoms with van der Waals surface area (Å²) in [6.45, 7) is 0.301. The van der Waals surface area contributed by atoms with Crippen molar-refractivity contribution in [3.63, 3.8) is 0 Å². The number of nitrogens with one attached hydrogen (secondary N) is 1. The van der Waals surface area contributed by atoms with Gasteiger partial charge in [-0.25, -0.2) is 14.6 Å². The van der Waals surface area contributed by atoms with E-state index >= 15 is 0 Å². The van der Waals surface area contributed by atoms with Crippen LogP contribution in [0, 0.1) is 0 Å². The highest BCUT2D eigenvalue weighted by Gasteiger charge is 2.09. The average Bonchev–Trinajstić information content (AvgIpc) is 3.09. The highest BCUT2D eigenvalue weighted by Crippen LogP contribution is 2.17. The minimum absolute atomic E-state index is 0.232. The smallest absolute Gasteiger partial charge is 0.295 e. The summed E-state index contributed by atoms with van der Waals surface area (Å²) in [5.41, 5.74) is 2.35. The van der Waals surface area contributed by atoms with Crippen molar-refractivity contribution in [1.29, 1.82) is 0 Å². The highest BCUT2D eigenvalue weighted by molar-refractivity contribution is 9.10. The molecule has 0 amide bonds. The van der Waals surface area contributed by atoms with Gasteiger partial charge in [-0.3, -0.25) is 4.79 Å². The Kier molecular flexibility index (Phi) is 2.64. The number of aromatic amines is 1. The van der Waals surface area contributed by atoms with Crippen molar-refractivity contribution in [2.75, 3.05) is 0 Å². The fourth-order valence-corrected chi connectivity index (χ4v) is 2.69. The summed E-state index contributed by atoms with van der Waals surface area (Å²) in [7, 11) is 0. The maximum absolute atomic E-state index is 12.3. The van der Waals surface area contributed by atoms with Gasteiger partial charge >= 0.3 is 0 Å². The number of hydrogen-bond acceptors (Lipinski definition) is 4. The Morgan fingerprint density at radius 3 is 3.14 bits per heavy atom. The molecule has 104 valence electrons. The van der Waals surface area contributed by atoms with Crippen LogP contribution in [0.5, 0.6) is 0 Å². The van der Waals surface area contributed by atoms with Crippen LogP contribution in [0.15, 0.2) is 46.3 Å². The van der Waals surface area contributed by atoms with Crippen molar-refractivity contribution in [1.82, 2.24) is 29.1 Å². The van der Waals surface area contributed by atoms with Crippen LogP contribution in [0.4, 0.5) is 0 Å². The molecule has 0 fully saturated rings. The molecule has 0 unspecified atom stereocenters. The minimum Gasteiger partial charge on any atom is -0.343 e. The van der Waals surface area contributed by atoms with E-state index in [-0.39, 0.29) is 5.56 Å². The Bertz CT molecular complexity index is 1010. The molecule has 0 bridgehead atoms.